The number of anilines is 1. The van der Waals surface area contributed by atoms with E-state index in [2.05, 4.69) is 15.6 Å². The maximum absolute atomic E-state index is 12.4. The van der Waals surface area contributed by atoms with Crippen LogP contribution in [0, 0.1) is 0 Å². The highest BCUT2D eigenvalue weighted by atomic mass is 32.2. The van der Waals surface area contributed by atoms with Gasteiger partial charge in [0.2, 0.25) is 0 Å². The van der Waals surface area contributed by atoms with Crippen molar-refractivity contribution in [2.75, 3.05) is 24.7 Å². The Morgan fingerprint density at radius 2 is 2.04 bits per heavy atom. The van der Waals surface area contributed by atoms with Crippen LogP contribution in [0.3, 0.4) is 0 Å². The molecule has 2 N–H and O–H groups in total. The normalized spacial score (nSPS) is 11.3. The van der Waals surface area contributed by atoms with E-state index in [1.807, 2.05) is 6.26 Å². The zero-order chi connectivity index (χ0) is 16.9. The molecule has 2 heterocycles. The van der Waals surface area contributed by atoms with Crippen LogP contribution in [0.1, 0.15) is 16.1 Å². The molecule has 0 aliphatic heterocycles. The first-order valence-electron chi connectivity index (χ1n) is 6.59. The lowest BCUT2D eigenvalue weighted by atomic mass is 10.3. The van der Waals surface area contributed by atoms with Crippen molar-refractivity contribution in [2.45, 2.75) is 11.3 Å². The summed E-state index contributed by atoms with van der Waals surface area (Å²) in [5.41, 5.74) is -0.807. The SMILES string of the molecule is CSc1ccc(C(=O)NCCNc2ccc(C(F)(F)F)cn2)o1. The van der Waals surface area contributed by atoms with Crippen molar-refractivity contribution < 1.29 is 22.4 Å². The fourth-order valence-corrected chi connectivity index (χ4v) is 2.05. The summed E-state index contributed by atoms with van der Waals surface area (Å²) >= 11 is 1.39. The van der Waals surface area contributed by atoms with E-state index in [4.69, 9.17) is 4.42 Å². The Kier molecular flexibility index (Phi) is 5.54. The van der Waals surface area contributed by atoms with E-state index >= 15 is 0 Å². The molecule has 0 saturated heterocycles. The molecule has 23 heavy (non-hydrogen) atoms. The molecule has 2 aromatic heterocycles. The monoisotopic (exact) mass is 345 g/mol. The summed E-state index contributed by atoms with van der Waals surface area (Å²) in [6.45, 7) is 0.594. The number of halogens is 3. The number of aromatic nitrogens is 1. The molecule has 5 nitrogen and oxygen atoms in total. The summed E-state index contributed by atoms with van der Waals surface area (Å²) in [5, 5.41) is 6.09. The number of pyridine rings is 1. The van der Waals surface area contributed by atoms with E-state index in [0.717, 1.165) is 12.3 Å². The van der Waals surface area contributed by atoms with Crippen molar-refractivity contribution >= 4 is 23.5 Å². The van der Waals surface area contributed by atoms with Gasteiger partial charge in [0, 0.05) is 19.3 Å². The van der Waals surface area contributed by atoms with E-state index in [0.29, 0.717) is 17.5 Å². The molecule has 124 valence electrons. The Morgan fingerprint density at radius 3 is 2.61 bits per heavy atom. The number of carbonyl (C=O) groups is 1. The van der Waals surface area contributed by atoms with Gasteiger partial charge in [-0.25, -0.2) is 4.98 Å². The third-order valence-electron chi connectivity index (χ3n) is 2.81. The number of nitrogens with zero attached hydrogens (tertiary/aromatic N) is 1. The quantitative estimate of drug-likeness (QED) is 0.621. The van der Waals surface area contributed by atoms with Crippen LogP contribution in [0.4, 0.5) is 19.0 Å². The molecule has 0 atom stereocenters. The number of alkyl halides is 3. The average Bonchev–Trinajstić information content (AvgIpc) is 3.00. The predicted molar refractivity (Wildman–Crippen MR) is 80.6 cm³/mol. The van der Waals surface area contributed by atoms with Gasteiger partial charge in [0.05, 0.1) is 5.56 Å². The van der Waals surface area contributed by atoms with Crippen LogP contribution < -0.4 is 10.6 Å². The maximum Gasteiger partial charge on any atom is 0.417 e. The number of furan rings is 1. The minimum atomic E-state index is -4.40. The number of nitrogens with one attached hydrogen (secondary N) is 2. The molecule has 2 rings (SSSR count). The van der Waals surface area contributed by atoms with Crippen LogP contribution >= 0.6 is 11.8 Å². The molecule has 2 aromatic rings. The first kappa shape index (κ1) is 17.2. The summed E-state index contributed by atoms with van der Waals surface area (Å²) in [5.74, 6) is 0.157. The Hall–Kier alpha value is -2.16. The molecular formula is C14H14F3N3O2S. The Bertz CT molecular complexity index is 656. The minimum Gasteiger partial charge on any atom is -0.445 e. The van der Waals surface area contributed by atoms with Crippen molar-refractivity contribution in [3.8, 4) is 0 Å². The van der Waals surface area contributed by atoms with Gasteiger partial charge in [0.25, 0.3) is 5.91 Å². The lowest BCUT2D eigenvalue weighted by Crippen LogP contribution is -2.28. The standard InChI is InChI=1S/C14H14F3N3O2S/c1-23-12-5-3-10(22-12)13(21)19-7-6-18-11-4-2-9(8-20-11)14(15,16)17/h2-5,8H,6-7H2,1H3,(H,18,20)(H,19,21). The number of carbonyl (C=O) groups excluding carboxylic acids is 1. The summed E-state index contributed by atoms with van der Waals surface area (Å²) in [6, 6.07) is 5.46. The summed E-state index contributed by atoms with van der Waals surface area (Å²) in [6.07, 6.45) is -1.81. The van der Waals surface area contributed by atoms with Crippen molar-refractivity contribution in [3.05, 3.63) is 41.8 Å². The first-order valence-corrected chi connectivity index (χ1v) is 7.82. The van der Waals surface area contributed by atoms with Crippen LogP contribution in [-0.2, 0) is 6.18 Å². The van der Waals surface area contributed by atoms with Gasteiger partial charge in [0.1, 0.15) is 5.82 Å². The van der Waals surface area contributed by atoms with Crippen molar-refractivity contribution in [1.82, 2.24) is 10.3 Å². The second-order valence-corrected chi connectivity index (χ2v) is 5.25. The molecule has 1 amide bonds. The number of rotatable bonds is 6. The van der Waals surface area contributed by atoms with Gasteiger partial charge in [-0.3, -0.25) is 4.79 Å². The van der Waals surface area contributed by atoms with Crippen molar-refractivity contribution in [2.24, 2.45) is 0 Å². The van der Waals surface area contributed by atoms with Gasteiger partial charge in [-0.1, -0.05) is 11.8 Å². The van der Waals surface area contributed by atoms with Gasteiger partial charge in [-0.15, -0.1) is 0 Å². The second-order valence-electron chi connectivity index (χ2n) is 4.44. The maximum atomic E-state index is 12.4. The molecule has 0 bridgehead atoms. The zero-order valence-corrected chi connectivity index (χ0v) is 12.9. The number of amides is 1. The highest BCUT2D eigenvalue weighted by Crippen LogP contribution is 2.28. The lowest BCUT2D eigenvalue weighted by Gasteiger charge is -2.09. The molecule has 0 aliphatic rings. The third-order valence-corrected chi connectivity index (χ3v) is 3.44. The van der Waals surface area contributed by atoms with Crippen LogP contribution in [-0.4, -0.2) is 30.2 Å². The lowest BCUT2D eigenvalue weighted by molar-refractivity contribution is -0.137. The highest BCUT2D eigenvalue weighted by molar-refractivity contribution is 7.98. The topological polar surface area (TPSA) is 67.2 Å². The smallest absolute Gasteiger partial charge is 0.417 e. The molecule has 0 aliphatic carbocycles. The van der Waals surface area contributed by atoms with Crippen molar-refractivity contribution in [1.29, 1.82) is 0 Å². The van der Waals surface area contributed by atoms with Crippen molar-refractivity contribution in [3.63, 3.8) is 0 Å². The Balaban J connectivity index is 1.76. The largest absolute Gasteiger partial charge is 0.445 e. The van der Waals surface area contributed by atoms with E-state index in [1.165, 1.54) is 17.8 Å². The molecule has 9 heteroatoms. The van der Waals surface area contributed by atoms with E-state index in [-0.39, 0.29) is 18.2 Å². The van der Waals surface area contributed by atoms with Gasteiger partial charge in [-0.05, 0) is 30.5 Å². The van der Waals surface area contributed by atoms with E-state index in [1.54, 1.807) is 12.1 Å². The Morgan fingerprint density at radius 1 is 1.26 bits per heavy atom. The molecule has 0 aromatic carbocycles. The Labute approximate surface area is 134 Å². The van der Waals surface area contributed by atoms with E-state index in [9.17, 15) is 18.0 Å². The molecule has 0 spiro atoms. The van der Waals surface area contributed by atoms with E-state index < -0.39 is 11.7 Å². The van der Waals surface area contributed by atoms with Gasteiger partial charge in [-0.2, -0.15) is 13.2 Å². The summed E-state index contributed by atoms with van der Waals surface area (Å²) < 4.78 is 42.4. The zero-order valence-electron chi connectivity index (χ0n) is 12.1. The number of thioether (sulfide) groups is 1. The summed E-state index contributed by atoms with van der Waals surface area (Å²) in [7, 11) is 0. The summed E-state index contributed by atoms with van der Waals surface area (Å²) in [4.78, 5) is 15.4. The molecular weight excluding hydrogens is 331 g/mol. The molecule has 0 fully saturated rings. The first-order chi connectivity index (χ1) is 10.9. The molecule has 0 unspecified atom stereocenters. The third kappa shape index (κ3) is 4.92. The van der Waals surface area contributed by atoms with Gasteiger partial charge < -0.3 is 15.1 Å². The van der Waals surface area contributed by atoms with Crippen LogP contribution in [0.2, 0.25) is 0 Å². The second kappa shape index (κ2) is 7.40. The predicted octanol–water partition coefficient (Wildman–Crippen LogP) is 3.26. The molecule has 0 radical (unpaired) electrons. The van der Waals surface area contributed by atoms with Crippen LogP contribution in [0.25, 0.3) is 0 Å². The van der Waals surface area contributed by atoms with Gasteiger partial charge in [0.15, 0.2) is 10.9 Å². The van der Waals surface area contributed by atoms with Crippen LogP contribution in [0.5, 0.6) is 0 Å². The van der Waals surface area contributed by atoms with Crippen LogP contribution in [0.15, 0.2) is 40.0 Å². The minimum absolute atomic E-state index is 0.210. The fraction of sp³-hybridized carbons (Fsp3) is 0.286. The fourth-order valence-electron chi connectivity index (χ4n) is 1.67. The van der Waals surface area contributed by atoms with Gasteiger partial charge >= 0.3 is 6.18 Å². The highest BCUT2D eigenvalue weighted by Gasteiger charge is 2.30. The number of hydrogen-bond acceptors (Lipinski definition) is 5. The molecule has 0 saturated carbocycles. The average molecular weight is 345 g/mol. The number of hydrogen-bond donors (Lipinski definition) is 2.